The van der Waals surface area contributed by atoms with Crippen LogP contribution in [0.25, 0.3) is 0 Å². The summed E-state index contributed by atoms with van der Waals surface area (Å²) in [4.78, 5) is 43.2. The molecule has 10 N–H and O–H groups in total. The van der Waals surface area contributed by atoms with Crippen LogP contribution in [0.2, 0.25) is 0 Å². The molecule has 10 heteroatoms. The molecule has 0 rings (SSSR count). The number of primary amides is 2. The van der Waals surface area contributed by atoms with Crippen LogP contribution in [0.15, 0.2) is 0 Å². The van der Waals surface area contributed by atoms with Crippen molar-refractivity contribution < 1.29 is 29.8 Å². The standard InChI is InChI=1S/C9H16N4O5.H2O/c10-4(1-2-6(11)14)8(16)13-5(9(17)18)3-7(12)15;/h4-5H,1-3,10H2,(H2,11,14)(H2,12,15)(H,13,16)(H,17,18);1H2/t4-,5-;/m0./s1. The molecule has 3 amide bonds. The Hall–Kier alpha value is -2.20. The van der Waals surface area contributed by atoms with Gasteiger partial charge in [0.2, 0.25) is 17.7 Å². The fraction of sp³-hybridized carbons (Fsp3) is 0.556. The van der Waals surface area contributed by atoms with Gasteiger partial charge in [-0.2, -0.15) is 0 Å². The van der Waals surface area contributed by atoms with Gasteiger partial charge >= 0.3 is 5.97 Å². The maximum absolute atomic E-state index is 11.4. The maximum Gasteiger partial charge on any atom is 0.326 e. The van der Waals surface area contributed by atoms with Crippen molar-refractivity contribution in [3.8, 4) is 0 Å². The van der Waals surface area contributed by atoms with Gasteiger partial charge in [-0.05, 0) is 6.42 Å². The van der Waals surface area contributed by atoms with Crippen molar-refractivity contribution in [3.05, 3.63) is 0 Å². The Balaban J connectivity index is 0. The van der Waals surface area contributed by atoms with Crippen LogP contribution in [0.3, 0.4) is 0 Å². The number of carboxylic acid groups (broad SMARTS) is 1. The van der Waals surface area contributed by atoms with Gasteiger partial charge in [0.25, 0.3) is 0 Å². The lowest BCUT2D eigenvalue weighted by molar-refractivity contribution is -0.143. The molecule has 0 saturated heterocycles. The molecule has 0 fully saturated rings. The van der Waals surface area contributed by atoms with Gasteiger partial charge < -0.3 is 33.1 Å². The highest BCUT2D eigenvalue weighted by molar-refractivity contribution is 5.90. The van der Waals surface area contributed by atoms with Crippen LogP contribution >= 0.6 is 0 Å². The molecule has 0 aromatic carbocycles. The van der Waals surface area contributed by atoms with Crippen LogP contribution < -0.4 is 22.5 Å². The number of amides is 3. The molecule has 0 unspecified atom stereocenters. The molecule has 0 aliphatic carbocycles. The van der Waals surface area contributed by atoms with Crippen LogP contribution in [0.5, 0.6) is 0 Å². The number of hydrogen-bond donors (Lipinski definition) is 5. The first-order valence-electron chi connectivity index (χ1n) is 5.09. The molecule has 0 radical (unpaired) electrons. The van der Waals surface area contributed by atoms with Gasteiger partial charge in [-0.25, -0.2) is 4.79 Å². The fourth-order valence-corrected chi connectivity index (χ4v) is 1.11. The highest BCUT2D eigenvalue weighted by Crippen LogP contribution is 1.97. The Morgan fingerprint density at radius 1 is 1.11 bits per heavy atom. The highest BCUT2D eigenvalue weighted by Gasteiger charge is 2.24. The van der Waals surface area contributed by atoms with E-state index in [1.807, 2.05) is 0 Å². The molecule has 10 nitrogen and oxygen atoms in total. The van der Waals surface area contributed by atoms with Crippen LogP contribution in [-0.4, -0.2) is 46.4 Å². The molecule has 0 spiro atoms. The third-order valence-electron chi connectivity index (χ3n) is 2.06. The van der Waals surface area contributed by atoms with Crippen LogP contribution in [-0.2, 0) is 19.2 Å². The number of rotatable bonds is 8. The smallest absolute Gasteiger partial charge is 0.326 e. The molecule has 0 aromatic rings. The predicted octanol–water partition coefficient (Wildman–Crippen LogP) is -3.80. The Morgan fingerprint density at radius 2 is 1.63 bits per heavy atom. The molecule has 110 valence electrons. The van der Waals surface area contributed by atoms with E-state index in [1.165, 1.54) is 0 Å². The highest BCUT2D eigenvalue weighted by atomic mass is 16.4. The minimum absolute atomic E-state index is 0. The normalized spacial score (nSPS) is 12.7. The van der Waals surface area contributed by atoms with Gasteiger partial charge in [0, 0.05) is 6.42 Å². The average molecular weight is 278 g/mol. The van der Waals surface area contributed by atoms with Gasteiger partial charge in [0.1, 0.15) is 6.04 Å². The number of carbonyl (C=O) groups excluding carboxylic acids is 3. The van der Waals surface area contributed by atoms with E-state index in [2.05, 4.69) is 5.32 Å². The van der Waals surface area contributed by atoms with Gasteiger partial charge in [0.15, 0.2) is 0 Å². The van der Waals surface area contributed by atoms with Gasteiger partial charge in [-0.1, -0.05) is 0 Å². The Labute approximate surface area is 108 Å². The van der Waals surface area contributed by atoms with E-state index >= 15 is 0 Å². The van der Waals surface area contributed by atoms with E-state index in [4.69, 9.17) is 22.3 Å². The lowest BCUT2D eigenvalue weighted by Crippen LogP contribution is -2.49. The summed E-state index contributed by atoms with van der Waals surface area (Å²) in [6.45, 7) is 0. The number of carbonyl (C=O) groups is 4. The predicted molar refractivity (Wildman–Crippen MR) is 63.4 cm³/mol. The molecule has 0 heterocycles. The van der Waals surface area contributed by atoms with Crippen molar-refractivity contribution in [2.24, 2.45) is 17.2 Å². The molecule has 0 aliphatic rings. The molecule has 0 aromatic heterocycles. The molecular formula is C9H18N4O6. The Kier molecular flexibility index (Phi) is 8.90. The van der Waals surface area contributed by atoms with E-state index in [-0.39, 0.29) is 18.3 Å². The number of nitrogens with two attached hydrogens (primary N) is 3. The molecule has 19 heavy (non-hydrogen) atoms. The van der Waals surface area contributed by atoms with Crippen molar-refractivity contribution in [1.82, 2.24) is 5.32 Å². The summed E-state index contributed by atoms with van der Waals surface area (Å²) in [5.74, 6) is -3.67. The van der Waals surface area contributed by atoms with Crippen LogP contribution in [0.1, 0.15) is 19.3 Å². The van der Waals surface area contributed by atoms with Crippen molar-refractivity contribution in [2.75, 3.05) is 0 Å². The van der Waals surface area contributed by atoms with E-state index in [0.717, 1.165) is 0 Å². The quantitative estimate of drug-likeness (QED) is 0.300. The summed E-state index contributed by atoms with van der Waals surface area (Å²) < 4.78 is 0. The van der Waals surface area contributed by atoms with E-state index in [0.29, 0.717) is 0 Å². The molecular weight excluding hydrogens is 260 g/mol. The third-order valence-corrected chi connectivity index (χ3v) is 2.06. The van der Waals surface area contributed by atoms with Crippen molar-refractivity contribution in [3.63, 3.8) is 0 Å². The molecule has 0 aliphatic heterocycles. The van der Waals surface area contributed by atoms with Crippen molar-refractivity contribution in [2.45, 2.75) is 31.3 Å². The van der Waals surface area contributed by atoms with E-state index in [1.54, 1.807) is 0 Å². The number of hydrogen-bond acceptors (Lipinski definition) is 5. The summed E-state index contributed by atoms with van der Waals surface area (Å²) in [5.41, 5.74) is 15.1. The summed E-state index contributed by atoms with van der Waals surface area (Å²) >= 11 is 0. The number of aliphatic carboxylic acids is 1. The van der Waals surface area contributed by atoms with Crippen molar-refractivity contribution in [1.29, 1.82) is 0 Å². The van der Waals surface area contributed by atoms with Crippen LogP contribution in [0, 0.1) is 0 Å². The molecule has 0 bridgehead atoms. The second-order valence-electron chi connectivity index (χ2n) is 3.68. The lowest BCUT2D eigenvalue weighted by atomic mass is 10.1. The summed E-state index contributed by atoms with van der Waals surface area (Å²) in [5, 5.41) is 10.8. The zero-order valence-corrected chi connectivity index (χ0v) is 10.1. The van der Waals surface area contributed by atoms with Crippen LogP contribution in [0.4, 0.5) is 0 Å². The summed E-state index contributed by atoms with van der Waals surface area (Å²) in [6, 6.07) is -2.51. The first-order chi connectivity index (χ1) is 8.23. The van der Waals surface area contributed by atoms with E-state index < -0.39 is 42.2 Å². The van der Waals surface area contributed by atoms with E-state index in [9.17, 15) is 19.2 Å². The zero-order chi connectivity index (χ0) is 14.3. The second kappa shape index (κ2) is 8.83. The topological polar surface area (TPSA) is 210 Å². The summed E-state index contributed by atoms with van der Waals surface area (Å²) in [7, 11) is 0. The first-order valence-corrected chi connectivity index (χ1v) is 5.09. The monoisotopic (exact) mass is 278 g/mol. The Bertz CT molecular complexity index is 359. The van der Waals surface area contributed by atoms with Gasteiger partial charge in [-0.3, -0.25) is 14.4 Å². The maximum atomic E-state index is 11.4. The van der Waals surface area contributed by atoms with Crippen molar-refractivity contribution >= 4 is 23.7 Å². The first kappa shape index (κ1) is 19.1. The average Bonchev–Trinajstić information content (AvgIpc) is 2.23. The minimum atomic E-state index is -1.44. The molecule has 2 atom stereocenters. The fourth-order valence-electron chi connectivity index (χ4n) is 1.11. The minimum Gasteiger partial charge on any atom is -0.480 e. The lowest BCUT2D eigenvalue weighted by Gasteiger charge is -2.16. The van der Waals surface area contributed by atoms with Gasteiger partial charge in [0.05, 0.1) is 12.5 Å². The Morgan fingerprint density at radius 3 is 2.00 bits per heavy atom. The number of nitrogens with one attached hydrogen (secondary N) is 1. The number of carboxylic acids is 1. The summed E-state index contributed by atoms with van der Waals surface area (Å²) in [6.07, 6.45) is -0.643. The largest absolute Gasteiger partial charge is 0.480 e. The molecule has 0 saturated carbocycles. The third kappa shape index (κ3) is 8.51. The second-order valence-corrected chi connectivity index (χ2v) is 3.68. The zero-order valence-electron chi connectivity index (χ0n) is 10.1. The van der Waals surface area contributed by atoms with Gasteiger partial charge in [-0.15, -0.1) is 0 Å². The SMILES string of the molecule is NC(=O)CC[C@H](N)C(=O)N[C@@H](CC(N)=O)C(=O)O.O.